The number of rotatable bonds is 10. The van der Waals surface area contributed by atoms with Crippen LogP contribution in [0.25, 0.3) is 0 Å². The van der Waals surface area contributed by atoms with E-state index in [0.717, 1.165) is 56.4 Å². The van der Waals surface area contributed by atoms with E-state index < -0.39 is 12.1 Å². The third-order valence-corrected chi connectivity index (χ3v) is 8.42. The van der Waals surface area contributed by atoms with Gasteiger partial charge in [0, 0.05) is 58.5 Å². The molecule has 2 heterocycles. The van der Waals surface area contributed by atoms with Gasteiger partial charge in [-0.1, -0.05) is 45.2 Å². The van der Waals surface area contributed by atoms with Crippen LogP contribution >= 0.6 is 0 Å². The molecule has 3 fully saturated rings. The zero-order valence-electron chi connectivity index (χ0n) is 24.9. The average molecular weight is 556 g/mol. The molecule has 2 N–H and O–H groups in total. The molecule has 0 aromatic heterocycles. The van der Waals surface area contributed by atoms with Gasteiger partial charge in [-0.3, -0.25) is 9.59 Å². The topological polar surface area (TPSA) is 94.2 Å². The Morgan fingerprint density at radius 2 is 1.77 bits per heavy atom. The van der Waals surface area contributed by atoms with Crippen LogP contribution in [0.2, 0.25) is 0 Å². The zero-order chi connectivity index (χ0) is 28.6. The summed E-state index contributed by atoms with van der Waals surface area (Å²) in [6.07, 6.45) is 8.06. The lowest BCUT2D eigenvalue weighted by atomic mass is 9.93. The quantitative estimate of drug-likeness (QED) is 0.457. The first-order chi connectivity index (χ1) is 19.2. The van der Waals surface area contributed by atoms with E-state index in [4.69, 9.17) is 4.74 Å². The summed E-state index contributed by atoms with van der Waals surface area (Å²) < 4.78 is 5.67. The van der Waals surface area contributed by atoms with Gasteiger partial charge in [0.15, 0.2) is 0 Å². The molecule has 0 spiro atoms. The average Bonchev–Trinajstić information content (AvgIpc) is 3.44. The number of anilines is 1. The molecule has 1 aromatic rings. The minimum Gasteiger partial charge on any atom is -0.378 e. The van der Waals surface area contributed by atoms with E-state index in [9.17, 15) is 14.4 Å². The van der Waals surface area contributed by atoms with Crippen molar-refractivity contribution in [2.75, 3.05) is 38.7 Å². The summed E-state index contributed by atoms with van der Waals surface area (Å²) in [5.41, 5.74) is 2.13. The number of nitrogens with one attached hydrogen (secondary N) is 2. The third kappa shape index (κ3) is 8.12. The number of benzene rings is 1. The van der Waals surface area contributed by atoms with Gasteiger partial charge < -0.3 is 30.1 Å². The lowest BCUT2D eigenvalue weighted by Crippen LogP contribution is -2.66. The SMILES string of the molecule is CC(C)C[C@H]1C(=O)N(Cc2ccc(N(C)C)cc2)CC(CC(=O)NC[C@@H]2CCCO2)N1C(=O)NC1CCCCC1. The van der Waals surface area contributed by atoms with Gasteiger partial charge in [0.05, 0.1) is 12.1 Å². The fourth-order valence-corrected chi connectivity index (χ4v) is 6.23. The first-order valence-electron chi connectivity index (χ1n) is 15.2. The number of amides is 4. The highest BCUT2D eigenvalue weighted by Crippen LogP contribution is 2.28. The van der Waals surface area contributed by atoms with Crippen molar-refractivity contribution in [1.82, 2.24) is 20.4 Å². The molecule has 9 nitrogen and oxygen atoms in total. The molecule has 4 amide bonds. The number of carbonyl (C=O) groups is 3. The van der Waals surface area contributed by atoms with Crippen molar-refractivity contribution in [2.45, 2.75) is 102 Å². The molecule has 1 unspecified atom stereocenters. The van der Waals surface area contributed by atoms with Crippen LogP contribution in [0.15, 0.2) is 24.3 Å². The molecule has 0 bridgehead atoms. The van der Waals surface area contributed by atoms with Crippen molar-refractivity contribution in [3.05, 3.63) is 29.8 Å². The van der Waals surface area contributed by atoms with Gasteiger partial charge in [-0.25, -0.2) is 4.79 Å². The van der Waals surface area contributed by atoms with Crippen LogP contribution < -0.4 is 15.5 Å². The fourth-order valence-electron chi connectivity index (χ4n) is 6.23. The van der Waals surface area contributed by atoms with Crippen LogP contribution in [-0.2, 0) is 20.9 Å². The Balaban J connectivity index is 1.54. The molecule has 40 heavy (non-hydrogen) atoms. The van der Waals surface area contributed by atoms with E-state index in [0.29, 0.717) is 26.1 Å². The fraction of sp³-hybridized carbons (Fsp3) is 0.710. The molecule has 2 aliphatic heterocycles. The Kier molecular flexibility index (Phi) is 10.7. The molecule has 9 heteroatoms. The van der Waals surface area contributed by atoms with E-state index in [1.54, 1.807) is 4.90 Å². The number of hydrogen-bond donors (Lipinski definition) is 2. The summed E-state index contributed by atoms with van der Waals surface area (Å²) in [4.78, 5) is 46.6. The van der Waals surface area contributed by atoms with Gasteiger partial charge in [-0.05, 0) is 55.7 Å². The van der Waals surface area contributed by atoms with Crippen LogP contribution in [0.5, 0.6) is 0 Å². The monoisotopic (exact) mass is 555 g/mol. The van der Waals surface area contributed by atoms with Crippen LogP contribution in [0.1, 0.15) is 77.2 Å². The second-order valence-electron chi connectivity index (χ2n) is 12.4. The molecule has 1 aromatic carbocycles. The van der Waals surface area contributed by atoms with Crippen molar-refractivity contribution in [3.8, 4) is 0 Å². The Morgan fingerprint density at radius 3 is 2.40 bits per heavy atom. The molecule has 4 rings (SSSR count). The third-order valence-electron chi connectivity index (χ3n) is 8.42. The number of hydrogen-bond acceptors (Lipinski definition) is 5. The molecule has 3 aliphatic rings. The maximum atomic E-state index is 14.0. The molecule has 2 saturated heterocycles. The molecule has 3 atom stereocenters. The summed E-state index contributed by atoms with van der Waals surface area (Å²) in [5.74, 6) is 0.0661. The first-order valence-corrected chi connectivity index (χ1v) is 15.2. The minimum absolute atomic E-state index is 0.0415. The van der Waals surface area contributed by atoms with Gasteiger partial charge in [0.2, 0.25) is 11.8 Å². The summed E-state index contributed by atoms with van der Waals surface area (Å²) in [6, 6.07) is 7.10. The van der Waals surface area contributed by atoms with Crippen molar-refractivity contribution in [2.24, 2.45) is 5.92 Å². The van der Waals surface area contributed by atoms with E-state index in [-0.39, 0.29) is 42.3 Å². The van der Waals surface area contributed by atoms with E-state index in [1.807, 2.05) is 36.0 Å². The zero-order valence-corrected chi connectivity index (χ0v) is 24.9. The maximum Gasteiger partial charge on any atom is 0.318 e. The van der Waals surface area contributed by atoms with Gasteiger partial charge in [0.25, 0.3) is 0 Å². The lowest BCUT2D eigenvalue weighted by Gasteiger charge is -2.47. The summed E-state index contributed by atoms with van der Waals surface area (Å²) in [6.45, 7) is 6.15. The number of ether oxygens (including phenoxy) is 1. The van der Waals surface area contributed by atoms with Gasteiger partial charge in [-0.2, -0.15) is 0 Å². The minimum atomic E-state index is -0.602. The summed E-state index contributed by atoms with van der Waals surface area (Å²) in [7, 11) is 4.00. The van der Waals surface area contributed by atoms with Crippen LogP contribution in [-0.4, -0.2) is 85.7 Å². The second-order valence-corrected chi connectivity index (χ2v) is 12.4. The van der Waals surface area contributed by atoms with Crippen LogP contribution in [0, 0.1) is 5.92 Å². The predicted octanol–water partition coefficient (Wildman–Crippen LogP) is 3.91. The highest BCUT2D eigenvalue weighted by molar-refractivity contribution is 5.89. The van der Waals surface area contributed by atoms with E-state index >= 15 is 0 Å². The van der Waals surface area contributed by atoms with Gasteiger partial charge >= 0.3 is 6.03 Å². The standard InChI is InChI=1S/C31H49N5O4/c1-22(2)17-28-30(38)35(20-23-12-14-25(15-13-23)34(3)4)21-26(18-29(37)32-19-27-11-8-16-40-27)36(28)31(39)33-24-9-6-5-7-10-24/h12-15,22,24,26-28H,5-11,16-21H2,1-4H3,(H,32,37)(H,33,39)/t26?,27-,28-/m0/s1. The molecule has 1 aliphatic carbocycles. The first kappa shape index (κ1) is 30.2. The Morgan fingerprint density at radius 1 is 1.05 bits per heavy atom. The van der Waals surface area contributed by atoms with Crippen LogP contribution in [0.3, 0.4) is 0 Å². The molecule has 222 valence electrons. The smallest absolute Gasteiger partial charge is 0.318 e. The van der Waals surface area contributed by atoms with Crippen LogP contribution in [0.4, 0.5) is 10.5 Å². The van der Waals surface area contributed by atoms with Crippen molar-refractivity contribution in [1.29, 1.82) is 0 Å². The highest BCUT2D eigenvalue weighted by Gasteiger charge is 2.44. The maximum absolute atomic E-state index is 14.0. The molecule has 0 radical (unpaired) electrons. The number of piperazine rings is 1. The Labute approximate surface area is 240 Å². The number of urea groups is 1. The normalized spacial score (nSPS) is 23.9. The Bertz CT molecular complexity index is 986. The number of nitrogens with zero attached hydrogens (tertiary/aromatic N) is 3. The van der Waals surface area contributed by atoms with Crippen molar-refractivity contribution >= 4 is 23.5 Å². The molecular formula is C31H49N5O4. The predicted molar refractivity (Wildman–Crippen MR) is 157 cm³/mol. The van der Waals surface area contributed by atoms with E-state index in [1.165, 1.54) is 6.42 Å². The summed E-state index contributed by atoms with van der Waals surface area (Å²) in [5, 5.41) is 6.26. The second kappa shape index (κ2) is 14.2. The largest absolute Gasteiger partial charge is 0.378 e. The van der Waals surface area contributed by atoms with Gasteiger partial charge in [-0.15, -0.1) is 0 Å². The lowest BCUT2D eigenvalue weighted by molar-refractivity contribution is -0.145. The molecule has 1 saturated carbocycles. The van der Waals surface area contributed by atoms with Gasteiger partial charge in [0.1, 0.15) is 6.04 Å². The van der Waals surface area contributed by atoms with Crippen molar-refractivity contribution < 1.29 is 19.1 Å². The van der Waals surface area contributed by atoms with Crippen molar-refractivity contribution in [3.63, 3.8) is 0 Å². The summed E-state index contributed by atoms with van der Waals surface area (Å²) >= 11 is 0. The van der Waals surface area contributed by atoms with E-state index in [2.05, 4.69) is 36.6 Å². The highest BCUT2D eigenvalue weighted by atomic mass is 16.5. The Hall–Kier alpha value is -2.81. The number of carbonyl (C=O) groups excluding carboxylic acids is 3. The molecular weight excluding hydrogens is 506 g/mol.